The molecule has 0 spiro atoms. The quantitative estimate of drug-likeness (QED) is 0.816. The molecule has 1 saturated heterocycles. The molecule has 0 N–H and O–H groups in total. The Morgan fingerprint density at radius 3 is 2.42 bits per heavy atom. The molecule has 102 valence electrons. The van der Waals surface area contributed by atoms with Gasteiger partial charge in [-0.2, -0.15) is 0 Å². The number of amides is 1. The van der Waals surface area contributed by atoms with Crippen LogP contribution in [0.1, 0.15) is 23.2 Å². The molecular formula is C14H16F2N2O. The molecule has 2 aliphatic rings. The molecule has 1 aromatic rings. The fourth-order valence-electron chi connectivity index (χ4n) is 2.57. The molecule has 1 heterocycles. The first kappa shape index (κ1) is 12.5. The number of benzene rings is 1. The van der Waals surface area contributed by atoms with Crippen LogP contribution in [-0.4, -0.2) is 47.9 Å². The second-order valence-corrected chi connectivity index (χ2v) is 5.16. The highest BCUT2D eigenvalue weighted by atomic mass is 19.2. The highest BCUT2D eigenvalue weighted by Gasteiger charge is 2.33. The molecule has 3 nitrogen and oxygen atoms in total. The Bertz CT molecular complexity index is 494. The van der Waals surface area contributed by atoms with E-state index in [0.717, 1.165) is 19.2 Å². The average molecular weight is 266 g/mol. The molecule has 0 radical (unpaired) electrons. The van der Waals surface area contributed by atoms with Gasteiger partial charge in [0, 0.05) is 32.2 Å². The lowest BCUT2D eigenvalue weighted by Gasteiger charge is -2.34. The smallest absolute Gasteiger partial charge is 0.257 e. The van der Waals surface area contributed by atoms with Gasteiger partial charge < -0.3 is 4.90 Å². The Hall–Kier alpha value is -1.49. The van der Waals surface area contributed by atoms with E-state index >= 15 is 0 Å². The van der Waals surface area contributed by atoms with E-state index in [1.807, 2.05) is 0 Å². The number of carbonyl (C=O) groups is 1. The number of rotatable bonds is 2. The summed E-state index contributed by atoms with van der Waals surface area (Å²) in [5.41, 5.74) is -0.167. The molecule has 2 fully saturated rings. The molecule has 3 rings (SSSR count). The largest absolute Gasteiger partial charge is 0.336 e. The first-order chi connectivity index (χ1) is 9.16. The molecule has 0 atom stereocenters. The van der Waals surface area contributed by atoms with Crippen LogP contribution in [0, 0.1) is 11.6 Å². The SMILES string of the molecule is O=C(c1cccc(F)c1F)N1CCN(C2CC2)CC1. The third-order valence-electron chi connectivity index (χ3n) is 3.85. The molecule has 1 aromatic carbocycles. The molecule has 19 heavy (non-hydrogen) atoms. The lowest BCUT2D eigenvalue weighted by Crippen LogP contribution is -2.49. The van der Waals surface area contributed by atoms with Crippen LogP contribution in [0.2, 0.25) is 0 Å². The van der Waals surface area contributed by atoms with E-state index in [0.29, 0.717) is 19.1 Å². The molecular weight excluding hydrogens is 250 g/mol. The summed E-state index contributed by atoms with van der Waals surface area (Å²) >= 11 is 0. The first-order valence-electron chi connectivity index (χ1n) is 6.64. The van der Waals surface area contributed by atoms with Gasteiger partial charge in [0.15, 0.2) is 11.6 Å². The number of nitrogens with zero attached hydrogens (tertiary/aromatic N) is 2. The van der Waals surface area contributed by atoms with Crippen molar-refractivity contribution in [3.05, 3.63) is 35.4 Å². The molecule has 1 aliphatic carbocycles. The Morgan fingerprint density at radius 2 is 1.79 bits per heavy atom. The maximum Gasteiger partial charge on any atom is 0.257 e. The summed E-state index contributed by atoms with van der Waals surface area (Å²) in [5, 5.41) is 0. The van der Waals surface area contributed by atoms with Crippen LogP contribution in [-0.2, 0) is 0 Å². The molecule has 0 unspecified atom stereocenters. The monoisotopic (exact) mass is 266 g/mol. The summed E-state index contributed by atoms with van der Waals surface area (Å²) in [6.07, 6.45) is 2.49. The Kier molecular flexibility index (Phi) is 3.22. The van der Waals surface area contributed by atoms with Crippen LogP contribution in [0.15, 0.2) is 18.2 Å². The van der Waals surface area contributed by atoms with Crippen molar-refractivity contribution in [2.45, 2.75) is 18.9 Å². The van der Waals surface area contributed by atoms with Gasteiger partial charge >= 0.3 is 0 Å². The van der Waals surface area contributed by atoms with Crippen molar-refractivity contribution >= 4 is 5.91 Å². The zero-order chi connectivity index (χ0) is 13.4. The third-order valence-corrected chi connectivity index (χ3v) is 3.85. The normalized spacial score (nSPS) is 20.6. The van der Waals surface area contributed by atoms with Crippen LogP contribution < -0.4 is 0 Å². The average Bonchev–Trinajstić information content (AvgIpc) is 3.26. The van der Waals surface area contributed by atoms with Crippen LogP contribution in [0.4, 0.5) is 8.78 Å². The second kappa shape index (κ2) is 4.89. The van der Waals surface area contributed by atoms with Crippen molar-refractivity contribution in [3.8, 4) is 0 Å². The molecule has 0 aromatic heterocycles. The van der Waals surface area contributed by atoms with Crippen LogP contribution in [0.5, 0.6) is 0 Å². The molecule has 1 amide bonds. The summed E-state index contributed by atoms with van der Waals surface area (Å²) in [7, 11) is 0. The predicted octanol–water partition coefficient (Wildman–Crippen LogP) is 1.89. The third kappa shape index (κ3) is 2.47. The lowest BCUT2D eigenvalue weighted by molar-refractivity contribution is 0.0621. The summed E-state index contributed by atoms with van der Waals surface area (Å²) < 4.78 is 26.7. The second-order valence-electron chi connectivity index (χ2n) is 5.16. The molecule has 5 heteroatoms. The van der Waals surface area contributed by atoms with Gasteiger partial charge in [-0.1, -0.05) is 6.07 Å². The van der Waals surface area contributed by atoms with Gasteiger partial charge in [0.1, 0.15) is 0 Å². The number of piperazine rings is 1. The zero-order valence-corrected chi connectivity index (χ0v) is 10.6. The van der Waals surface area contributed by atoms with E-state index in [1.165, 1.54) is 25.0 Å². The van der Waals surface area contributed by atoms with Crippen LogP contribution in [0.25, 0.3) is 0 Å². The van der Waals surface area contributed by atoms with Gasteiger partial charge in [-0.15, -0.1) is 0 Å². The highest BCUT2D eigenvalue weighted by molar-refractivity contribution is 5.94. The van der Waals surface area contributed by atoms with Crippen molar-refractivity contribution in [1.29, 1.82) is 0 Å². The van der Waals surface area contributed by atoms with E-state index in [4.69, 9.17) is 0 Å². The Balaban J connectivity index is 1.69. The summed E-state index contributed by atoms with van der Waals surface area (Å²) in [6, 6.07) is 4.42. The van der Waals surface area contributed by atoms with Crippen LogP contribution >= 0.6 is 0 Å². The van der Waals surface area contributed by atoms with E-state index < -0.39 is 17.5 Å². The first-order valence-corrected chi connectivity index (χ1v) is 6.64. The standard InChI is InChI=1S/C14H16F2N2O/c15-12-3-1-2-11(13(12)16)14(19)18-8-6-17(7-9-18)10-4-5-10/h1-3,10H,4-9H2. The molecule has 1 aliphatic heterocycles. The number of carbonyl (C=O) groups excluding carboxylic acids is 1. The van der Waals surface area contributed by atoms with E-state index in [9.17, 15) is 13.6 Å². The molecule has 0 bridgehead atoms. The van der Waals surface area contributed by atoms with E-state index in [1.54, 1.807) is 4.90 Å². The summed E-state index contributed by atoms with van der Waals surface area (Å²) in [4.78, 5) is 16.1. The minimum Gasteiger partial charge on any atom is -0.336 e. The van der Waals surface area contributed by atoms with Gasteiger partial charge in [0.2, 0.25) is 0 Å². The highest BCUT2D eigenvalue weighted by Crippen LogP contribution is 2.27. The van der Waals surface area contributed by atoms with Crippen molar-refractivity contribution in [1.82, 2.24) is 9.80 Å². The minimum atomic E-state index is -1.04. The van der Waals surface area contributed by atoms with Crippen LogP contribution in [0.3, 0.4) is 0 Å². The topological polar surface area (TPSA) is 23.6 Å². The van der Waals surface area contributed by atoms with Crippen molar-refractivity contribution in [3.63, 3.8) is 0 Å². The fourth-order valence-corrected chi connectivity index (χ4v) is 2.57. The van der Waals surface area contributed by atoms with E-state index in [-0.39, 0.29) is 5.56 Å². The number of hydrogen-bond donors (Lipinski definition) is 0. The summed E-state index contributed by atoms with van der Waals surface area (Å²) in [5.74, 6) is -2.42. The maximum absolute atomic E-state index is 13.6. The van der Waals surface area contributed by atoms with Crippen molar-refractivity contribution in [2.24, 2.45) is 0 Å². The molecule has 1 saturated carbocycles. The van der Waals surface area contributed by atoms with Crippen molar-refractivity contribution < 1.29 is 13.6 Å². The van der Waals surface area contributed by atoms with E-state index in [2.05, 4.69) is 4.90 Å². The predicted molar refractivity (Wildman–Crippen MR) is 66.9 cm³/mol. The maximum atomic E-state index is 13.6. The zero-order valence-electron chi connectivity index (χ0n) is 10.6. The number of halogens is 2. The van der Waals surface area contributed by atoms with Gasteiger partial charge in [-0.3, -0.25) is 9.69 Å². The van der Waals surface area contributed by atoms with Gasteiger partial charge in [-0.05, 0) is 25.0 Å². The van der Waals surface area contributed by atoms with Gasteiger partial charge in [-0.25, -0.2) is 8.78 Å². The van der Waals surface area contributed by atoms with Crippen molar-refractivity contribution in [2.75, 3.05) is 26.2 Å². The number of hydrogen-bond acceptors (Lipinski definition) is 2. The fraction of sp³-hybridized carbons (Fsp3) is 0.500. The summed E-state index contributed by atoms with van der Waals surface area (Å²) in [6.45, 7) is 2.83. The van der Waals surface area contributed by atoms with Gasteiger partial charge in [0.05, 0.1) is 5.56 Å². The minimum absolute atomic E-state index is 0.167. The van der Waals surface area contributed by atoms with Gasteiger partial charge in [0.25, 0.3) is 5.91 Å². The Labute approximate surface area is 110 Å². The lowest BCUT2D eigenvalue weighted by atomic mass is 10.1. The Morgan fingerprint density at radius 1 is 1.11 bits per heavy atom.